The van der Waals surface area contributed by atoms with Crippen LogP contribution in [0.1, 0.15) is 25.3 Å². The second kappa shape index (κ2) is 7.78. The molecule has 0 amide bonds. The number of hydrogen-bond acceptors (Lipinski definition) is 0. The maximum Gasteiger partial charge on any atom is 0.558 e. The predicted octanol–water partition coefficient (Wildman–Crippen LogP) is 4.65. The summed E-state index contributed by atoms with van der Waals surface area (Å²) in [6.45, 7) is -1.73. The Morgan fingerprint density at radius 2 is 1.45 bits per heavy atom. The summed E-state index contributed by atoms with van der Waals surface area (Å²) in [7, 11) is 0. The molecule has 0 aliphatic carbocycles. The average molecular weight is 337 g/mol. The third-order valence-electron chi connectivity index (χ3n) is 2.62. The van der Waals surface area contributed by atoms with Crippen molar-refractivity contribution >= 4 is 6.98 Å². The van der Waals surface area contributed by atoms with Gasteiger partial charge in [-0.05, 0) is 12.5 Å². The summed E-state index contributed by atoms with van der Waals surface area (Å²) in [5, 5.41) is 0. The first kappa shape index (κ1) is 20.7. The van der Waals surface area contributed by atoms with Crippen molar-refractivity contribution in [3.8, 4) is 0 Å². The standard InChI is InChI=1S/C10H16N.C2BF8/c1-3-4-7-11-8-5-10(2)6-9-11;4-1(5,2(6,7)8)3(9,10)11/h5-6,8-9H,3-4,7H2,1-2H3;/q+1;-1. The van der Waals surface area contributed by atoms with E-state index in [4.69, 9.17) is 0 Å². The molecule has 22 heavy (non-hydrogen) atoms. The fourth-order valence-corrected chi connectivity index (χ4v) is 1.21. The molecule has 0 N–H and O–H groups in total. The number of halogens is 8. The van der Waals surface area contributed by atoms with Crippen LogP contribution in [-0.2, 0) is 6.54 Å². The Hall–Kier alpha value is -1.35. The van der Waals surface area contributed by atoms with Gasteiger partial charge in [0.1, 0.15) is 6.54 Å². The Labute approximate surface area is 123 Å². The minimum Gasteiger partial charge on any atom is -0.445 e. The zero-order valence-corrected chi connectivity index (χ0v) is 12.0. The van der Waals surface area contributed by atoms with Gasteiger partial charge < -0.3 is 12.9 Å². The summed E-state index contributed by atoms with van der Waals surface area (Å²) in [5.74, 6) is -6.56. The highest BCUT2D eigenvalue weighted by Crippen LogP contribution is 2.43. The molecule has 128 valence electrons. The summed E-state index contributed by atoms with van der Waals surface area (Å²) in [6, 6.07) is 4.30. The third-order valence-corrected chi connectivity index (χ3v) is 2.62. The Morgan fingerprint density at radius 1 is 1.00 bits per heavy atom. The van der Waals surface area contributed by atoms with E-state index in [9.17, 15) is 34.9 Å². The van der Waals surface area contributed by atoms with Crippen molar-refractivity contribution in [3.63, 3.8) is 0 Å². The molecule has 0 saturated carbocycles. The number of aromatic nitrogens is 1. The van der Waals surface area contributed by atoms with Gasteiger partial charge in [0.2, 0.25) is 0 Å². The summed E-state index contributed by atoms with van der Waals surface area (Å²) in [6.07, 6.45) is 0.274. The normalized spacial score (nSPS) is 12.6. The Kier molecular flexibility index (Phi) is 7.30. The summed E-state index contributed by atoms with van der Waals surface area (Å²) in [4.78, 5) is 0. The van der Waals surface area contributed by atoms with E-state index < -0.39 is 19.0 Å². The van der Waals surface area contributed by atoms with Crippen molar-refractivity contribution in [1.82, 2.24) is 0 Å². The minimum absolute atomic E-state index is 1.15. The van der Waals surface area contributed by atoms with E-state index >= 15 is 0 Å². The van der Waals surface area contributed by atoms with E-state index in [2.05, 4.69) is 42.9 Å². The largest absolute Gasteiger partial charge is 0.558 e. The molecule has 10 heteroatoms. The Bertz CT molecular complexity index is 422. The van der Waals surface area contributed by atoms with Crippen LogP contribution in [0.3, 0.4) is 0 Å². The van der Waals surface area contributed by atoms with Gasteiger partial charge in [0.15, 0.2) is 12.4 Å². The number of rotatable bonds is 4. The van der Waals surface area contributed by atoms with E-state index in [0.29, 0.717) is 0 Å². The van der Waals surface area contributed by atoms with Crippen molar-refractivity contribution in [3.05, 3.63) is 30.1 Å². The highest BCUT2D eigenvalue weighted by molar-refractivity contribution is 6.61. The summed E-state index contributed by atoms with van der Waals surface area (Å²) >= 11 is 0. The van der Waals surface area contributed by atoms with Crippen molar-refractivity contribution in [2.45, 2.75) is 45.2 Å². The molecular weight excluding hydrogens is 321 g/mol. The van der Waals surface area contributed by atoms with E-state index in [0.717, 1.165) is 6.54 Å². The van der Waals surface area contributed by atoms with Crippen molar-refractivity contribution in [2.24, 2.45) is 0 Å². The van der Waals surface area contributed by atoms with Crippen LogP contribution in [0.25, 0.3) is 0 Å². The SMILES string of the molecule is CCCC[n+]1ccc(C)cc1.F[B-](F)(F)C(F)(F)C(F)(F)F. The molecular formula is C12H16BF8N. The third kappa shape index (κ3) is 6.19. The lowest BCUT2D eigenvalue weighted by Crippen LogP contribution is -2.53. The number of alkyl halides is 5. The lowest BCUT2D eigenvalue weighted by Gasteiger charge is -2.28. The summed E-state index contributed by atoms with van der Waals surface area (Å²) < 4.78 is 90.1. The van der Waals surface area contributed by atoms with Gasteiger partial charge in [-0.3, -0.25) is 0 Å². The molecule has 1 aromatic rings. The van der Waals surface area contributed by atoms with Crippen molar-refractivity contribution in [2.75, 3.05) is 0 Å². The average Bonchev–Trinajstić information content (AvgIpc) is 2.36. The molecule has 1 aromatic heterocycles. The maximum atomic E-state index is 11.2. The van der Waals surface area contributed by atoms with Crippen molar-refractivity contribution < 1.29 is 39.5 Å². The fourth-order valence-electron chi connectivity index (χ4n) is 1.21. The van der Waals surface area contributed by atoms with Gasteiger partial charge in [0, 0.05) is 18.6 Å². The molecule has 0 bridgehead atoms. The van der Waals surface area contributed by atoms with Gasteiger partial charge in [-0.25, -0.2) is 13.3 Å². The van der Waals surface area contributed by atoms with Gasteiger partial charge in [-0.15, -0.1) is 0 Å². The predicted molar refractivity (Wildman–Crippen MR) is 66.4 cm³/mol. The molecule has 0 aliphatic heterocycles. The number of hydrogen-bond donors (Lipinski definition) is 0. The molecule has 0 aliphatic rings. The van der Waals surface area contributed by atoms with Crippen molar-refractivity contribution in [1.29, 1.82) is 0 Å². The fraction of sp³-hybridized carbons (Fsp3) is 0.583. The monoisotopic (exact) mass is 337 g/mol. The molecule has 1 heterocycles. The molecule has 0 unspecified atom stereocenters. The zero-order valence-electron chi connectivity index (χ0n) is 12.0. The van der Waals surface area contributed by atoms with Crippen LogP contribution in [0.2, 0.25) is 0 Å². The molecule has 0 radical (unpaired) electrons. The van der Waals surface area contributed by atoms with Crippen LogP contribution in [0.4, 0.5) is 34.9 Å². The van der Waals surface area contributed by atoms with Crippen LogP contribution < -0.4 is 4.57 Å². The first-order chi connectivity index (χ1) is 9.83. The first-order valence-electron chi connectivity index (χ1n) is 6.42. The van der Waals surface area contributed by atoms with E-state index in [1.165, 1.54) is 18.4 Å². The summed E-state index contributed by atoms with van der Waals surface area (Å²) in [5.41, 5.74) is 1.33. The van der Waals surface area contributed by atoms with E-state index in [1.54, 1.807) is 0 Å². The second-order valence-corrected chi connectivity index (χ2v) is 4.66. The number of pyridine rings is 1. The van der Waals surface area contributed by atoms with E-state index in [-0.39, 0.29) is 0 Å². The van der Waals surface area contributed by atoms with Gasteiger partial charge in [0.25, 0.3) is 0 Å². The first-order valence-corrected chi connectivity index (χ1v) is 6.42. The highest BCUT2D eigenvalue weighted by Gasteiger charge is 2.69. The topological polar surface area (TPSA) is 3.88 Å². The van der Waals surface area contributed by atoms with Crippen LogP contribution in [-0.4, -0.2) is 19.0 Å². The van der Waals surface area contributed by atoms with Gasteiger partial charge in [-0.1, -0.05) is 13.3 Å². The molecule has 0 saturated heterocycles. The van der Waals surface area contributed by atoms with E-state index in [1.807, 2.05) is 0 Å². The van der Waals surface area contributed by atoms with Crippen LogP contribution in [0.5, 0.6) is 0 Å². The van der Waals surface area contributed by atoms with Crippen LogP contribution in [0, 0.1) is 6.92 Å². The Balaban J connectivity index is 0.000000401. The molecule has 0 atom stereocenters. The maximum absolute atomic E-state index is 11.2. The molecule has 0 aromatic carbocycles. The highest BCUT2D eigenvalue weighted by atomic mass is 19.4. The van der Waals surface area contributed by atoms with Gasteiger partial charge >= 0.3 is 19.0 Å². The van der Waals surface area contributed by atoms with Crippen LogP contribution in [0.15, 0.2) is 24.5 Å². The smallest absolute Gasteiger partial charge is 0.445 e. The number of nitrogens with zero attached hydrogens (tertiary/aromatic N) is 1. The van der Waals surface area contributed by atoms with Crippen LogP contribution >= 0.6 is 0 Å². The Morgan fingerprint density at radius 3 is 1.73 bits per heavy atom. The number of unbranched alkanes of at least 4 members (excludes halogenated alkanes) is 1. The zero-order chi connectivity index (χ0) is 17.6. The second-order valence-electron chi connectivity index (χ2n) is 4.66. The quantitative estimate of drug-likeness (QED) is 0.428. The minimum atomic E-state index is -7.21. The number of aryl methyl sites for hydroxylation is 2. The molecule has 1 rings (SSSR count). The molecule has 1 nitrogen and oxygen atoms in total. The van der Waals surface area contributed by atoms with Gasteiger partial charge in [0.05, 0.1) is 0 Å². The van der Waals surface area contributed by atoms with Gasteiger partial charge in [-0.2, -0.15) is 13.2 Å². The molecule has 0 fully saturated rings. The lowest BCUT2D eigenvalue weighted by atomic mass is 9.80. The molecule has 0 spiro atoms. The lowest BCUT2D eigenvalue weighted by molar-refractivity contribution is -0.697.